The Hall–Kier alpha value is -1.58. The highest BCUT2D eigenvalue weighted by molar-refractivity contribution is 5.99. The summed E-state index contributed by atoms with van der Waals surface area (Å²) in [5, 5.41) is 5.95. The lowest BCUT2D eigenvalue weighted by Gasteiger charge is -2.09. The molecule has 4 nitrogen and oxygen atoms in total. The summed E-state index contributed by atoms with van der Waals surface area (Å²) in [5.41, 5.74) is 1.45. The lowest BCUT2D eigenvalue weighted by molar-refractivity contribution is 0.0956. The molecule has 0 saturated heterocycles. The van der Waals surface area contributed by atoms with E-state index in [0.717, 1.165) is 18.7 Å². The second-order valence-electron chi connectivity index (χ2n) is 3.21. The van der Waals surface area contributed by atoms with Gasteiger partial charge in [-0.1, -0.05) is 6.92 Å². The van der Waals surface area contributed by atoms with Crippen LogP contribution in [0.25, 0.3) is 0 Å². The maximum Gasteiger partial charge on any atom is 0.253 e. The molecule has 15 heavy (non-hydrogen) atoms. The Morgan fingerprint density at radius 3 is 2.93 bits per heavy atom. The predicted molar refractivity (Wildman–Crippen MR) is 61.0 cm³/mol. The Morgan fingerprint density at radius 1 is 1.47 bits per heavy atom. The minimum atomic E-state index is -0.0569. The number of anilines is 1. The normalized spacial score (nSPS) is 9.73. The van der Waals surface area contributed by atoms with Crippen LogP contribution < -0.4 is 10.6 Å². The Bertz CT molecular complexity index is 325. The molecule has 1 amide bonds. The summed E-state index contributed by atoms with van der Waals surface area (Å²) in [4.78, 5) is 15.6. The molecule has 0 saturated carbocycles. The van der Waals surface area contributed by atoms with Gasteiger partial charge in [-0.05, 0) is 19.4 Å². The maximum absolute atomic E-state index is 11.6. The molecule has 1 heterocycles. The second-order valence-corrected chi connectivity index (χ2v) is 3.21. The fraction of sp³-hybridized carbons (Fsp3) is 0.455. The molecule has 0 fully saturated rings. The summed E-state index contributed by atoms with van der Waals surface area (Å²) < 4.78 is 0. The van der Waals surface area contributed by atoms with Crippen molar-refractivity contribution in [3.8, 4) is 0 Å². The third-order valence-corrected chi connectivity index (χ3v) is 1.97. The molecule has 0 radical (unpaired) electrons. The minimum absolute atomic E-state index is 0.0569. The fourth-order valence-corrected chi connectivity index (χ4v) is 1.25. The van der Waals surface area contributed by atoms with E-state index in [0.29, 0.717) is 12.1 Å². The highest BCUT2D eigenvalue weighted by Gasteiger charge is 2.09. The van der Waals surface area contributed by atoms with Gasteiger partial charge in [-0.2, -0.15) is 0 Å². The van der Waals surface area contributed by atoms with Crippen molar-refractivity contribution in [2.45, 2.75) is 20.3 Å². The van der Waals surface area contributed by atoms with Crippen LogP contribution in [0.5, 0.6) is 0 Å². The molecule has 0 spiro atoms. The van der Waals surface area contributed by atoms with Gasteiger partial charge in [0.2, 0.25) is 0 Å². The lowest BCUT2D eigenvalue weighted by atomic mass is 10.2. The first-order valence-electron chi connectivity index (χ1n) is 5.25. The molecule has 0 aliphatic carbocycles. The molecule has 1 rings (SSSR count). The predicted octanol–water partition coefficient (Wildman–Crippen LogP) is 1.65. The molecule has 0 bridgehead atoms. The smallest absolute Gasteiger partial charge is 0.253 e. The summed E-state index contributed by atoms with van der Waals surface area (Å²) in [6.07, 6.45) is 4.33. The molecule has 1 aromatic rings. The Morgan fingerprint density at radius 2 is 2.27 bits per heavy atom. The molecule has 82 valence electrons. The van der Waals surface area contributed by atoms with Crippen molar-refractivity contribution in [1.29, 1.82) is 0 Å². The van der Waals surface area contributed by atoms with Crippen molar-refractivity contribution in [2.24, 2.45) is 0 Å². The van der Waals surface area contributed by atoms with Crippen molar-refractivity contribution in [1.82, 2.24) is 10.3 Å². The van der Waals surface area contributed by atoms with E-state index in [9.17, 15) is 4.79 Å². The molecule has 0 aromatic carbocycles. The van der Waals surface area contributed by atoms with E-state index in [4.69, 9.17) is 0 Å². The van der Waals surface area contributed by atoms with Crippen LogP contribution in [0.3, 0.4) is 0 Å². The monoisotopic (exact) mass is 207 g/mol. The van der Waals surface area contributed by atoms with Gasteiger partial charge in [0.1, 0.15) is 0 Å². The number of rotatable bonds is 5. The quantitative estimate of drug-likeness (QED) is 0.772. The fourth-order valence-electron chi connectivity index (χ4n) is 1.25. The van der Waals surface area contributed by atoms with Gasteiger partial charge in [-0.15, -0.1) is 0 Å². The van der Waals surface area contributed by atoms with Crippen LogP contribution >= 0.6 is 0 Å². The van der Waals surface area contributed by atoms with Gasteiger partial charge in [0.15, 0.2) is 0 Å². The number of hydrogen-bond acceptors (Lipinski definition) is 3. The van der Waals surface area contributed by atoms with Gasteiger partial charge in [-0.3, -0.25) is 9.78 Å². The van der Waals surface area contributed by atoms with Crippen LogP contribution in [0.15, 0.2) is 18.5 Å². The Balaban J connectivity index is 2.80. The third kappa shape index (κ3) is 3.23. The zero-order chi connectivity index (χ0) is 11.1. The summed E-state index contributed by atoms with van der Waals surface area (Å²) in [7, 11) is 0. The van der Waals surface area contributed by atoms with E-state index >= 15 is 0 Å². The van der Waals surface area contributed by atoms with Crippen LogP contribution in [-0.4, -0.2) is 24.0 Å². The minimum Gasteiger partial charge on any atom is -0.383 e. The van der Waals surface area contributed by atoms with E-state index in [2.05, 4.69) is 22.5 Å². The largest absolute Gasteiger partial charge is 0.383 e. The molecule has 0 aliphatic rings. The average Bonchev–Trinajstić information content (AvgIpc) is 2.27. The molecular formula is C11H17N3O. The molecule has 2 N–H and O–H groups in total. The van der Waals surface area contributed by atoms with Gasteiger partial charge >= 0.3 is 0 Å². The second kappa shape index (κ2) is 6.01. The Kier molecular flexibility index (Phi) is 4.60. The number of nitrogens with zero attached hydrogens (tertiary/aromatic N) is 1. The van der Waals surface area contributed by atoms with E-state index < -0.39 is 0 Å². The topological polar surface area (TPSA) is 54.0 Å². The summed E-state index contributed by atoms with van der Waals surface area (Å²) >= 11 is 0. The van der Waals surface area contributed by atoms with Crippen molar-refractivity contribution < 1.29 is 4.79 Å². The SMILES string of the molecule is CCCNc1cnccc1C(=O)NCC. The highest BCUT2D eigenvalue weighted by atomic mass is 16.1. The third-order valence-electron chi connectivity index (χ3n) is 1.97. The van der Waals surface area contributed by atoms with Gasteiger partial charge in [0.05, 0.1) is 17.4 Å². The van der Waals surface area contributed by atoms with Crippen LogP contribution in [0.4, 0.5) is 5.69 Å². The van der Waals surface area contributed by atoms with Crippen molar-refractivity contribution >= 4 is 11.6 Å². The van der Waals surface area contributed by atoms with Crippen LogP contribution in [-0.2, 0) is 0 Å². The standard InChI is InChI=1S/C11H17N3O/c1-3-6-14-10-8-12-7-5-9(10)11(15)13-4-2/h5,7-8,14H,3-4,6H2,1-2H3,(H,13,15). The summed E-state index contributed by atoms with van der Waals surface area (Å²) in [5.74, 6) is -0.0569. The number of pyridine rings is 1. The number of hydrogen-bond donors (Lipinski definition) is 2. The Labute approximate surface area is 90.1 Å². The molecule has 0 atom stereocenters. The number of carbonyl (C=O) groups excluding carboxylic acids is 1. The van der Waals surface area contributed by atoms with Crippen LogP contribution in [0.1, 0.15) is 30.6 Å². The van der Waals surface area contributed by atoms with Crippen LogP contribution in [0, 0.1) is 0 Å². The van der Waals surface area contributed by atoms with Gasteiger partial charge in [-0.25, -0.2) is 0 Å². The summed E-state index contributed by atoms with van der Waals surface area (Å²) in [6.45, 7) is 5.46. The van der Waals surface area contributed by atoms with Gasteiger partial charge < -0.3 is 10.6 Å². The van der Waals surface area contributed by atoms with E-state index in [-0.39, 0.29) is 5.91 Å². The number of aromatic nitrogens is 1. The maximum atomic E-state index is 11.6. The number of nitrogens with one attached hydrogen (secondary N) is 2. The first kappa shape index (κ1) is 11.5. The number of carbonyl (C=O) groups is 1. The van der Waals surface area contributed by atoms with Gasteiger partial charge in [0.25, 0.3) is 5.91 Å². The van der Waals surface area contributed by atoms with E-state index in [1.54, 1.807) is 18.5 Å². The van der Waals surface area contributed by atoms with Crippen molar-refractivity contribution in [3.05, 3.63) is 24.0 Å². The number of amides is 1. The molecule has 1 aromatic heterocycles. The first-order chi connectivity index (χ1) is 7.29. The van der Waals surface area contributed by atoms with Crippen molar-refractivity contribution in [3.63, 3.8) is 0 Å². The average molecular weight is 207 g/mol. The van der Waals surface area contributed by atoms with E-state index in [1.807, 2.05) is 6.92 Å². The molecule has 4 heteroatoms. The zero-order valence-electron chi connectivity index (χ0n) is 9.21. The zero-order valence-corrected chi connectivity index (χ0v) is 9.21. The highest BCUT2D eigenvalue weighted by Crippen LogP contribution is 2.12. The van der Waals surface area contributed by atoms with E-state index in [1.165, 1.54) is 0 Å². The molecule has 0 unspecified atom stereocenters. The molecule has 0 aliphatic heterocycles. The lowest BCUT2D eigenvalue weighted by Crippen LogP contribution is -2.24. The van der Waals surface area contributed by atoms with Crippen molar-refractivity contribution in [2.75, 3.05) is 18.4 Å². The van der Waals surface area contributed by atoms with Crippen LogP contribution in [0.2, 0.25) is 0 Å². The molecular weight excluding hydrogens is 190 g/mol. The van der Waals surface area contributed by atoms with Gasteiger partial charge in [0, 0.05) is 19.3 Å². The summed E-state index contributed by atoms with van der Waals surface area (Å²) in [6, 6.07) is 1.73. The first-order valence-corrected chi connectivity index (χ1v) is 5.25.